The number of benzene rings is 1. The lowest BCUT2D eigenvalue weighted by Crippen LogP contribution is -2.71. The van der Waals surface area contributed by atoms with E-state index in [-0.39, 0.29) is 56.5 Å². The van der Waals surface area contributed by atoms with Gasteiger partial charge in [0, 0.05) is 23.8 Å². The van der Waals surface area contributed by atoms with E-state index in [0.29, 0.717) is 16.9 Å². The molecule has 2 aromatic rings. The fourth-order valence-corrected chi connectivity index (χ4v) is 7.79. The summed E-state index contributed by atoms with van der Waals surface area (Å²) in [4.78, 5) is 80.3. The molecule has 3 amide bonds. The lowest BCUT2D eigenvalue weighted by molar-refractivity contribution is -0.269. The number of hydrogen-bond donors (Lipinski definition) is 8. The van der Waals surface area contributed by atoms with Crippen molar-refractivity contribution in [3.63, 3.8) is 0 Å². The average Bonchev–Trinajstić information content (AvgIpc) is 3.44. The van der Waals surface area contributed by atoms with E-state index >= 15 is 0 Å². The maximum Gasteiger partial charge on any atom is 0.490 e. The predicted octanol–water partition coefficient (Wildman–Crippen LogP) is 3.10. The van der Waals surface area contributed by atoms with Crippen molar-refractivity contribution in [3.05, 3.63) is 44.0 Å². The van der Waals surface area contributed by atoms with E-state index in [1.54, 1.807) is 0 Å². The molecule has 0 aliphatic carbocycles. The molecule has 1 aromatic heterocycles. The molecule has 1 fully saturated rings. The number of β-lactam (4-membered cyclic amide) rings is 1. The lowest BCUT2D eigenvalue weighted by Gasteiger charge is -2.49. The monoisotopic (exact) mass is 916 g/mol. The number of fused-ring (bicyclic) bond motifs is 1. The van der Waals surface area contributed by atoms with Gasteiger partial charge in [-0.1, -0.05) is 39.7 Å². The fourth-order valence-electron chi connectivity index (χ4n) is 4.27. The van der Waals surface area contributed by atoms with E-state index in [2.05, 4.69) is 25.6 Å². The van der Waals surface area contributed by atoms with E-state index in [0.717, 1.165) is 22.7 Å². The Bertz CT molecular complexity index is 2040. The first kappa shape index (κ1) is 46.5. The number of aliphatic carboxylic acids is 3. The first-order valence-corrected chi connectivity index (χ1v) is 18.6. The molecule has 0 saturated carbocycles. The van der Waals surface area contributed by atoms with Gasteiger partial charge in [-0.25, -0.2) is 19.4 Å². The molecule has 2 aliphatic rings. The number of nitrogens with two attached hydrogens (primary N) is 1. The van der Waals surface area contributed by atoms with Gasteiger partial charge in [0.1, 0.15) is 27.1 Å². The number of aromatic hydroxyl groups is 2. The zero-order valence-electron chi connectivity index (χ0n) is 27.9. The van der Waals surface area contributed by atoms with Gasteiger partial charge >= 0.3 is 35.9 Å². The van der Waals surface area contributed by atoms with Gasteiger partial charge in [-0.15, -0.1) is 11.8 Å². The molecule has 4 rings (SSSR count). The number of thioether (sulfide) groups is 2. The van der Waals surface area contributed by atoms with E-state index in [1.807, 2.05) is 0 Å². The highest BCUT2D eigenvalue weighted by Gasteiger charge is 2.61. The van der Waals surface area contributed by atoms with Crippen molar-refractivity contribution in [2.24, 2.45) is 5.16 Å². The van der Waals surface area contributed by atoms with Crippen LogP contribution in [0.1, 0.15) is 23.0 Å². The lowest BCUT2D eigenvalue weighted by atomic mass is 10.0. The normalized spacial score (nSPS) is 17.9. The molecule has 1 saturated heterocycles. The van der Waals surface area contributed by atoms with E-state index in [1.165, 1.54) is 17.8 Å². The van der Waals surface area contributed by atoms with Crippen molar-refractivity contribution < 1.29 is 85.5 Å². The highest BCUT2D eigenvalue weighted by Crippen LogP contribution is 2.42. The number of halogens is 8. The number of carbonyl (C=O) groups is 6. The molecule has 312 valence electrons. The Hall–Kier alpha value is -4.86. The molecule has 3 heterocycles. The summed E-state index contributed by atoms with van der Waals surface area (Å²) in [6, 6.07) is 0.911. The SMILES string of the molecule is C[C@](O/N=C(\C(=O)N[C@@H]1C(=O)N2C(C(=O)O)=C(CSCCNC(=O)c3ccc(O)c(O)c3Cl)CS[C@H]12)c1nc(N)sc1Cl)(C(=O)O)C(F)(F)F.O=C(O)C(F)(F)F. The number of carboxylic acid groups (broad SMARTS) is 3. The third-order valence-corrected chi connectivity index (χ3v) is 11.1. The van der Waals surface area contributed by atoms with Crippen molar-refractivity contribution in [3.8, 4) is 11.5 Å². The van der Waals surface area contributed by atoms with Gasteiger partial charge in [0.05, 0.1) is 10.6 Å². The number of alkyl halides is 6. The van der Waals surface area contributed by atoms with Crippen LogP contribution in [0.15, 0.2) is 28.6 Å². The zero-order chi connectivity index (χ0) is 43.4. The topological polar surface area (TPSA) is 291 Å². The Labute approximate surface area is 336 Å². The Morgan fingerprint density at radius 2 is 1.70 bits per heavy atom. The molecule has 2 aliphatic heterocycles. The molecule has 0 spiro atoms. The number of nitrogens with one attached hydrogen (secondary N) is 2. The number of rotatable bonds is 13. The number of thiazole rings is 1. The summed E-state index contributed by atoms with van der Waals surface area (Å²) in [6.07, 6.45) is -10.6. The minimum atomic E-state index is -5.49. The van der Waals surface area contributed by atoms with Gasteiger partial charge in [-0.2, -0.15) is 38.1 Å². The summed E-state index contributed by atoms with van der Waals surface area (Å²) in [7, 11) is 0. The number of aromatic nitrogens is 1. The molecule has 57 heavy (non-hydrogen) atoms. The van der Waals surface area contributed by atoms with Crippen LogP contribution in [-0.2, 0) is 28.8 Å². The molecule has 1 aromatic carbocycles. The van der Waals surface area contributed by atoms with Crippen molar-refractivity contribution in [1.82, 2.24) is 20.5 Å². The summed E-state index contributed by atoms with van der Waals surface area (Å²) in [5.41, 5.74) is 0.00202. The first-order chi connectivity index (χ1) is 26.2. The molecular formula is C28H24Cl2F6N6O12S3. The molecule has 0 unspecified atom stereocenters. The smallest absolute Gasteiger partial charge is 0.490 e. The Kier molecular flexibility index (Phi) is 14.8. The third kappa shape index (κ3) is 10.6. The number of carbonyl (C=O) groups excluding carboxylic acids is 3. The van der Waals surface area contributed by atoms with Crippen LogP contribution in [0.3, 0.4) is 0 Å². The standard InChI is InChI=1S/C26H23Cl2F3N6O10S3.C2HF3O2/c1-25(23(45)46,26(29,30)31)47-36-13(12-17(28)50-24(32)35-12)19(41)34-14-20(42)37-15(22(43)44)8(7-49-21(14)37)6-48-5-4-33-18(40)9-2-3-10(38)16(39)11(9)27;3-2(4,5)1(6)7/h2-3,14,21,38-39H,4-7H2,1H3,(H2,32,35)(H,33,40)(H,34,41)(H,43,44)(H,45,46);(H,6,7)/b36-13-;/t14-,21-,25+;/m1./s1. The maximum atomic E-state index is 13.5. The van der Waals surface area contributed by atoms with Crippen LogP contribution in [0.5, 0.6) is 11.5 Å². The number of hydrogen-bond acceptors (Lipinski definition) is 15. The second kappa shape index (κ2) is 18.2. The van der Waals surface area contributed by atoms with Gasteiger partial charge in [-0.3, -0.25) is 19.3 Å². The highest BCUT2D eigenvalue weighted by molar-refractivity contribution is 8.01. The first-order valence-electron chi connectivity index (χ1n) is 14.8. The van der Waals surface area contributed by atoms with Crippen LogP contribution in [0.4, 0.5) is 31.5 Å². The molecule has 3 atom stereocenters. The third-order valence-electron chi connectivity index (χ3n) is 7.24. The van der Waals surface area contributed by atoms with Crippen LogP contribution in [-0.4, -0.2) is 130 Å². The van der Waals surface area contributed by atoms with Gasteiger partial charge in [0.2, 0.25) is 0 Å². The largest absolute Gasteiger partial charge is 0.504 e. The minimum Gasteiger partial charge on any atom is -0.504 e. The number of nitrogen functional groups attached to an aromatic ring is 1. The van der Waals surface area contributed by atoms with Crippen molar-refractivity contribution in [2.45, 2.75) is 36.3 Å². The quantitative estimate of drug-likeness (QED) is 0.0358. The second-order valence-corrected chi connectivity index (χ2v) is 15.3. The van der Waals surface area contributed by atoms with Gasteiger partial charge in [-0.05, 0) is 24.6 Å². The fraction of sp³-hybridized carbons (Fsp3) is 0.357. The van der Waals surface area contributed by atoms with E-state index in [9.17, 15) is 65.6 Å². The number of oxime groups is 1. The number of nitrogens with zero attached hydrogens (tertiary/aromatic N) is 3. The zero-order valence-corrected chi connectivity index (χ0v) is 31.9. The van der Waals surface area contributed by atoms with Crippen molar-refractivity contribution in [1.29, 1.82) is 0 Å². The molecule has 0 bridgehead atoms. The summed E-state index contributed by atoms with van der Waals surface area (Å²) in [5.74, 6) is -10.2. The van der Waals surface area contributed by atoms with Crippen LogP contribution < -0.4 is 16.4 Å². The van der Waals surface area contributed by atoms with Crippen LogP contribution in [0.2, 0.25) is 9.36 Å². The number of phenolic OH excluding ortho intramolecular Hbond substituents is 2. The van der Waals surface area contributed by atoms with Gasteiger partial charge in [0.15, 0.2) is 22.3 Å². The Morgan fingerprint density at radius 1 is 1.09 bits per heavy atom. The molecule has 9 N–H and O–H groups in total. The maximum absolute atomic E-state index is 13.5. The van der Waals surface area contributed by atoms with Crippen LogP contribution in [0.25, 0.3) is 0 Å². The van der Waals surface area contributed by atoms with Crippen LogP contribution >= 0.6 is 58.1 Å². The van der Waals surface area contributed by atoms with E-state index in [4.69, 9.17) is 43.9 Å². The predicted molar refractivity (Wildman–Crippen MR) is 189 cm³/mol. The summed E-state index contributed by atoms with van der Waals surface area (Å²) >= 11 is 14.8. The van der Waals surface area contributed by atoms with Crippen molar-refractivity contribution >= 4 is 105 Å². The average molecular weight is 918 g/mol. The number of anilines is 1. The number of phenols is 2. The second-order valence-electron chi connectivity index (χ2n) is 11.1. The molecular weight excluding hydrogens is 893 g/mol. The van der Waals surface area contributed by atoms with Crippen LogP contribution in [0, 0.1) is 0 Å². The number of carboxylic acids is 3. The molecule has 29 heteroatoms. The molecule has 0 radical (unpaired) electrons. The van der Waals surface area contributed by atoms with E-state index < -0.39 is 87.9 Å². The van der Waals surface area contributed by atoms with Gasteiger partial charge in [0.25, 0.3) is 17.7 Å². The minimum absolute atomic E-state index is 0.0831. The summed E-state index contributed by atoms with van der Waals surface area (Å²) in [5, 5.41) is 51.8. The van der Waals surface area contributed by atoms with Gasteiger partial charge < -0.3 is 46.7 Å². The highest BCUT2D eigenvalue weighted by atomic mass is 35.5. The Morgan fingerprint density at radius 3 is 2.21 bits per heavy atom. The summed E-state index contributed by atoms with van der Waals surface area (Å²) < 4.78 is 71.9. The Balaban J connectivity index is 0.00000113. The molecule has 18 nitrogen and oxygen atoms in total. The number of amides is 3. The van der Waals surface area contributed by atoms with Crippen molar-refractivity contribution in [2.75, 3.05) is 29.5 Å². The summed E-state index contributed by atoms with van der Waals surface area (Å²) in [6.45, 7) is 0.254.